The highest BCUT2D eigenvalue weighted by Gasteiger charge is 2.38. The summed E-state index contributed by atoms with van der Waals surface area (Å²) in [5, 5.41) is 0.677. The monoisotopic (exact) mass is 463 g/mol. The van der Waals surface area contributed by atoms with E-state index in [0.717, 1.165) is 57.3 Å². The van der Waals surface area contributed by atoms with Gasteiger partial charge >= 0.3 is 6.09 Å². The highest BCUT2D eigenvalue weighted by atomic mass is 35.5. The topological polar surface area (TPSA) is 53.1 Å². The molecule has 3 atom stereocenters. The fourth-order valence-corrected chi connectivity index (χ4v) is 5.60. The second kappa shape index (κ2) is 11.4. The van der Waals surface area contributed by atoms with Gasteiger partial charge < -0.3 is 19.4 Å². The van der Waals surface area contributed by atoms with Crippen LogP contribution in [0.25, 0.3) is 0 Å². The van der Waals surface area contributed by atoms with Gasteiger partial charge in [0.2, 0.25) is 5.91 Å². The lowest BCUT2D eigenvalue weighted by Crippen LogP contribution is -2.51. The number of nitrogens with zero attached hydrogens (tertiary/aromatic N) is 3. The largest absolute Gasteiger partial charge is 0.450 e. The van der Waals surface area contributed by atoms with Crippen LogP contribution in [0.5, 0.6) is 0 Å². The third-order valence-corrected chi connectivity index (χ3v) is 7.36. The Morgan fingerprint density at radius 3 is 2.34 bits per heavy atom. The maximum atomic E-state index is 12.5. The van der Waals surface area contributed by atoms with E-state index in [1.165, 1.54) is 0 Å². The summed E-state index contributed by atoms with van der Waals surface area (Å²) in [4.78, 5) is 31.4. The number of halogens is 1. The zero-order valence-electron chi connectivity index (χ0n) is 19.9. The molecule has 2 amide bonds. The van der Waals surface area contributed by atoms with Crippen molar-refractivity contribution in [1.82, 2.24) is 9.80 Å². The zero-order valence-corrected chi connectivity index (χ0v) is 20.7. The van der Waals surface area contributed by atoms with Crippen LogP contribution in [0.15, 0.2) is 24.3 Å². The molecule has 178 valence electrons. The van der Waals surface area contributed by atoms with Gasteiger partial charge in [-0.25, -0.2) is 4.79 Å². The molecule has 0 spiro atoms. The summed E-state index contributed by atoms with van der Waals surface area (Å²) < 4.78 is 5.33. The van der Waals surface area contributed by atoms with Gasteiger partial charge in [-0.3, -0.25) is 4.79 Å². The van der Waals surface area contributed by atoms with E-state index < -0.39 is 0 Å². The first-order chi connectivity index (χ1) is 15.3. The van der Waals surface area contributed by atoms with Crippen LogP contribution in [0.1, 0.15) is 66.2 Å². The molecule has 2 aliphatic rings. The summed E-state index contributed by atoms with van der Waals surface area (Å²) in [6.07, 6.45) is 5.84. The number of benzene rings is 1. The van der Waals surface area contributed by atoms with Crippen molar-refractivity contribution in [2.45, 2.75) is 90.4 Å². The molecular formula is C25H38ClN3O3. The summed E-state index contributed by atoms with van der Waals surface area (Å²) in [7, 11) is 0. The van der Waals surface area contributed by atoms with Gasteiger partial charge in [0.05, 0.1) is 6.61 Å². The third-order valence-electron chi connectivity index (χ3n) is 7.10. The third kappa shape index (κ3) is 5.76. The summed E-state index contributed by atoms with van der Waals surface area (Å²) in [5.74, 6) is 0.0721. The minimum Gasteiger partial charge on any atom is -0.450 e. The summed E-state index contributed by atoms with van der Waals surface area (Å²) in [6.45, 7) is 10.2. The summed E-state index contributed by atoms with van der Waals surface area (Å²) >= 11 is 6.04. The lowest BCUT2D eigenvalue weighted by Gasteiger charge is -2.42. The minimum atomic E-state index is -0.170. The number of amides is 2. The molecule has 0 aromatic heterocycles. The number of piperidine rings is 1. The van der Waals surface area contributed by atoms with Gasteiger partial charge in [0, 0.05) is 54.9 Å². The molecule has 2 saturated heterocycles. The molecule has 32 heavy (non-hydrogen) atoms. The van der Waals surface area contributed by atoms with Gasteiger partial charge in [-0.15, -0.1) is 0 Å². The van der Waals surface area contributed by atoms with Crippen molar-refractivity contribution in [3.63, 3.8) is 0 Å². The van der Waals surface area contributed by atoms with Crippen molar-refractivity contribution >= 4 is 29.3 Å². The Kier molecular flexibility index (Phi) is 8.83. The Balaban J connectivity index is 1.61. The fourth-order valence-electron chi connectivity index (χ4n) is 5.48. The van der Waals surface area contributed by atoms with Gasteiger partial charge in [0.25, 0.3) is 0 Å². The van der Waals surface area contributed by atoms with E-state index in [-0.39, 0.29) is 30.1 Å². The second-order valence-corrected chi connectivity index (χ2v) is 9.55. The van der Waals surface area contributed by atoms with Crippen molar-refractivity contribution < 1.29 is 14.3 Å². The molecule has 2 fully saturated rings. The van der Waals surface area contributed by atoms with Gasteiger partial charge in [0.15, 0.2) is 0 Å². The smallest absolute Gasteiger partial charge is 0.410 e. The number of ether oxygens (including phenoxy) is 1. The van der Waals surface area contributed by atoms with Crippen LogP contribution in [0.4, 0.5) is 10.5 Å². The molecule has 1 aromatic rings. The number of carbonyl (C=O) groups is 2. The number of anilines is 1. The van der Waals surface area contributed by atoms with Crippen LogP contribution in [-0.4, -0.2) is 65.7 Å². The zero-order chi connectivity index (χ0) is 23.3. The summed E-state index contributed by atoms with van der Waals surface area (Å²) in [6, 6.07) is 8.65. The predicted octanol–water partition coefficient (Wildman–Crippen LogP) is 5.34. The molecule has 2 heterocycles. The molecule has 2 aliphatic heterocycles. The molecule has 0 saturated carbocycles. The maximum absolute atomic E-state index is 12.5. The van der Waals surface area contributed by atoms with E-state index in [9.17, 15) is 9.59 Å². The Labute approximate surface area is 197 Å². The van der Waals surface area contributed by atoms with Crippen molar-refractivity contribution in [3.05, 3.63) is 29.3 Å². The fraction of sp³-hybridized carbons (Fsp3) is 0.680. The number of rotatable bonds is 7. The standard InChI is InChI=1S/C25H38ClN3O3/c1-5-21(17-24-10-7-18(3)28(24)25(31)32-6-2)27-15-13-23(14-16-27)29(19(4)30)22-11-8-20(26)9-12-22/h8-9,11-12,18,21,23-24H,5-7,10,13-17H2,1-4H3. The molecule has 6 nitrogen and oxygen atoms in total. The molecule has 0 N–H and O–H groups in total. The van der Waals surface area contributed by atoms with Gasteiger partial charge in [-0.2, -0.15) is 0 Å². The Morgan fingerprint density at radius 1 is 1.12 bits per heavy atom. The van der Waals surface area contributed by atoms with Crippen LogP contribution < -0.4 is 4.90 Å². The van der Waals surface area contributed by atoms with Gasteiger partial charge in [-0.05, 0) is 76.6 Å². The molecule has 7 heteroatoms. The lowest BCUT2D eigenvalue weighted by molar-refractivity contribution is -0.117. The predicted molar refractivity (Wildman–Crippen MR) is 129 cm³/mol. The second-order valence-electron chi connectivity index (χ2n) is 9.12. The van der Waals surface area contributed by atoms with E-state index >= 15 is 0 Å². The van der Waals surface area contributed by atoms with E-state index in [4.69, 9.17) is 16.3 Å². The first-order valence-corrected chi connectivity index (χ1v) is 12.5. The van der Waals surface area contributed by atoms with Crippen LogP contribution in [-0.2, 0) is 9.53 Å². The number of hydrogen-bond acceptors (Lipinski definition) is 4. The Morgan fingerprint density at radius 2 is 1.78 bits per heavy atom. The molecular weight excluding hydrogens is 426 g/mol. The Bertz CT molecular complexity index is 764. The van der Waals surface area contributed by atoms with Gasteiger partial charge in [0.1, 0.15) is 0 Å². The van der Waals surface area contributed by atoms with Gasteiger partial charge in [-0.1, -0.05) is 18.5 Å². The SMILES string of the molecule is CCOC(=O)N1C(C)CCC1CC(CC)N1CCC(N(C(C)=O)c2ccc(Cl)cc2)CC1. The van der Waals surface area contributed by atoms with Crippen LogP contribution in [0.3, 0.4) is 0 Å². The summed E-state index contributed by atoms with van der Waals surface area (Å²) in [5.41, 5.74) is 0.914. The average Bonchev–Trinajstić information content (AvgIpc) is 3.14. The van der Waals surface area contributed by atoms with Crippen molar-refractivity contribution in [1.29, 1.82) is 0 Å². The number of hydrogen-bond donors (Lipinski definition) is 0. The van der Waals surface area contributed by atoms with E-state index in [1.807, 2.05) is 41.0 Å². The molecule has 3 unspecified atom stereocenters. The molecule has 0 bridgehead atoms. The quantitative estimate of drug-likeness (QED) is 0.548. The van der Waals surface area contributed by atoms with Crippen molar-refractivity contribution in [2.75, 3.05) is 24.6 Å². The maximum Gasteiger partial charge on any atom is 0.410 e. The normalized spacial score (nSPS) is 23.2. The molecule has 3 rings (SSSR count). The first-order valence-electron chi connectivity index (χ1n) is 12.1. The van der Waals surface area contributed by atoms with Crippen molar-refractivity contribution in [3.8, 4) is 0 Å². The van der Waals surface area contributed by atoms with Crippen molar-refractivity contribution in [2.24, 2.45) is 0 Å². The average molecular weight is 464 g/mol. The Hall–Kier alpha value is -1.79. The number of likely N-dealkylation sites (tertiary alicyclic amines) is 2. The minimum absolute atomic E-state index is 0.0721. The molecule has 1 aromatic carbocycles. The van der Waals surface area contributed by atoms with Crippen LogP contribution in [0.2, 0.25) is 5.02 Å². The number of carbonyl (C=O) groups excluding carboxylic acids is 2. The molecule has 0 radical (unpaired) electrons. The molecule has 0 aliphatic carbocycles. The lowest BCUT2D eigenvalue weighted by atomic mass is 9.96. The first kappa shape index (κ1) is 24.8. The van der Waals surface area contributed by atoms with E-state index in [1.54, 1.807) is 6.92 Å². The highest BCUT2D eigenvalue weighted by Crippen LogP contribution is 2.32. The van der Waals surface area contributed by atoms with Crippen LogP contribution in [0, 0.1) is 0 Å². The van der Waals surface area contributed by atoms with E-state index in [0.29, 0.717) is 17.7 Å². The van der Waals surface area contributed by atoms with Crippen LogP contribution >= 0.6 is 11.6 Å². The highest BCUT2D eigenvalue weighted by molar-refractivity contribution is 6.30. The van der Waals surface area contributed by atoms with E-state index in [2.05, 4.69) is 18.7 Å².